The zero-order valence-electron chi connectivity index (χ0n) is 11.3. The molecule has 0 unspecified atom stereocenters. The Bertz CT molecular complexity index is 336. The van der Waals surface area contributed by atoms with E-state index < -0.39 is 0 Å². The molecule has 0 aliphatic heterocycles. The number of likely N-dealkylation sites (N-methyl/N-ethyl adjacent to an activating group) is 1. The van der Waals surface area contributed by atoms with E-state index in [9.17, 15) is 0 Å². The van der Waals surface area contributed by atoms with E-state index in [-0.39, 0.29) is 0 Å². The van der Waals surface area contributed by atoms with Crippen molar-refractivity contribution in [3.63, 3.8) is 0 Å². The van der Waals surface area contributed by atoms with E-state index in [1.165, 1.54) is 16.8 Å². The molecule has 1 aromatic carbocycles. The number of nitrogens with zero attached hydrogens (tertiary/aromatic N) is 1. The van der Waals surface area contributed by atoms with E-state index in [1.54, 1.807) is 0 Å². The highest BCUT2D eigenvalue weighted by Crippen LogP contribution is 2.27. The predicted molar refractivity (Wildman–Crippen MR) is 79.9 cm³/mol. The number of aryl methyl sites for hydroxylation is 2. The van der Waals surface area contributed by atoms with E-state index in [4.69, 9.17) is 0 Å². The second-order valence-corrected chi connectivity index (χ2v) is 5.25. The third kappa shape index (κ3) is 4.32. The summed E-state index contributed by atoms with van der Waals surface area (Å²) < 4.78 is 1.16. The lowest BCUT2D eigenvalue weighted by atomic mass is 10.1. The molecule has 0 heterocycles. The molecule has 3 heteroatoms. The van der Waals surface area contributed by atoms with Crippen molar-refractivity contribution in [2.45, 2.75) is 27.7 Å². The van der Waals surface area contributed by atoms with Crippen molar-refractivity contribution in [1.29, 1.82) is 0 Å². The maximum atomic E-state index is 3.62. The van der Waals surface area contributed by atoms with Crippen LogP contribution in [-0.2, 0) is 0 Å². The number of benzene rings is 1. The molecule has 1 N–H and O–H groups in total. The SMILES string of the molecule is CCN(CC)CCNc1c(C)cc(C)cc1Br. The van der Waals surface area contributed by atoms with Crippen LogP contribution in [0, 0.1) is 13.8 Å². The largest absolute Gasteiger partial charge is 0.383 e. The van der Waals surface area contributed by atoms with E-state index in [0.29, 0.717) is 0 Å². The third-order valence-corrected chi connectivity index (χ3v) is 3.68. The van der Waals surface area contributed by atoms with Crippen molar-refractivity contribution in [3.05, 3.63) is 27.7 Å². The minimum Gasteiger partial charge on any atom is -0.383 e. The van der Waals surface area contributed by atoms with Crippen molar-refractivity contribution in [3.8, 4) is 0 Å². The lowest BCUT2D eigenvalue weighted by Gasteiger charge is -2.19. The standard InChI is InChI=1S/C14H23BrN2/c1-5-17(6-2)8-7-16-14-12(4)9-11(3)10-13(14)15/h9-10,16H,5-8H2,1-4H3. The average Bonchev–Trinajstić information content (AvgIpc) is 2.27. The lowest BCUT2D eigenvalue weighted by Crippen LogP contribution is -2.28. The van der Waals surface area contributed by atoms with Crippen LogP contribution in [0.5, 0.6) is 0 Å². The zero-order valence-corrected chi connectivity index (χ0v) is 12.9. The second-order valence-electron chi connectivity index (χ2n) is 4.39. The van der Waals surface area contributed by atoms with E-state index in [1.807, 2.05) is 0 Å². The summed E-state index contributed by atoms with van der Waals surface area (Å²) in [4.78, 5) is 2.42. The Balaban J connectivity index is 2.58. The van der Waals surface area contributed by atoms with Crippen LogP contribution in [0.2, 0.25) is 0 Å². The lowest BCUT2D eigenvalue weighted by molar-refractivity contribution is 0.316. The fourth-order valence-corrected chi connectivity index (χ4v) is 2.83. The van der Waals surface area contributed by atoms with Gasteiger partial charge in [-0.05, 0) is 60.1 Å². The Kier molecular flexibility index (Phi) is 6.00. The maximum absolute atomic E-state index is 3.62. The van der Waals surface area contributed by atoms with Crippen LogP contribution in [0.3, 0.4) is 0 Å². The van der Waals surface area contributed by atoms with Crippen molar-refractivity contribution < 1.29 is 0 Å². The molecule has 17 heavy (non-hydrogen) atoms. The molecule has 0 bridgehead atoms. The highest BCUT2D eigenvalue weighted by atomic mass is 79.9. The highest BCUT2D eigenvalue weighted by molar-refractivity contribution is 9.10. The van der Waals surface area contributed by atoms with Crippen LogP contribution in [0.4, 0.5) is 5.69 Å². The Labute approximate surface area is 114 Å². The molecule has 0 spiro atoms. The van der Waals surface area contributed by atoms with E-state index in [2.05, 4.69) is 66.0 Å². The van der Waals surface area contributed by atoms with Gasteiger partial charge in [0.2, 0.25) is 0 Å². The van der Waals surface area contributed by atoms with Crippen molar-refractivity contribution >= 4 is 21.6 Å². The minimum absolute atomic E-state index is 0.990. The molecular formula is C14H23BrN2. The van der Waals surface area contributed by atoms with Gasteiger partial charge in [-0.15, -0.1) is 0 Å². The fraction of sp³-hybridized carbons (Fsp3) is 0.571. The van der Waals surface area contributed by atoms with Crippen LogP contribution >= 0.6 is 15.9 Å². The summed E-state index contributed by atoms with van der Waals surface area (Å²) >= 11 is 3.62. The van der Waals surface area contributed by atoms with Crippen LogP contribution in [0.15, 0.2) is 16.6 Å². The van der Waals surface area contributed by atoms with E-state index >= 15 is 0 Å². The molecule has 0 aliphatic rings. The molecule has 1 aromatic rings. The topological polar surface area (TPSA) is 15.3 Å². The summed E-state index contributed by atoms with van der Waals surface area (Å²) in [6, 6.07) is 4.37. The highest BCUT2D eigenvalue weighted by Gasteiger charge is 2.05. The first-order chi connectivity index (χ1) is 8.08. The summed E-state index contributed by atoms with van der Waals surface area (Å²) in [5, 5.41) is 3.52. The summed E-state index contributed by atoms with van der Waals surface area (Å²) in [5.74, 6) is 0. The maximum Gasteiger partial charge on any atom is 0.0514 e. The first-order valence-electron chi connectivity index (χ1n) is 6.31. The zero-order chi connectivity index (χ0) is 12.8. The van der Waals surface area contributed by atoms with Crippen LogP contribution in [0.25, 0.3) is 0 Å². The minimum atomic E-state index is 0.990. The van der Waals surface area contributed by atoms with Gasteiger partial charge in [0, 0.05) is 17.6 Å². The fourth-order valence-electron chi connectivity index (χ4n) is 2.02. The summed E-state index contributed by atoms with van der Waals surface area (Å²) in [6.45, 7) is 13.0. The number of rotatable bonds is 6. The monoisotopic (exact) mass is 298 g/mol. The van der Waals surface area contributed by atoms with Gasteiger partial charge >= 0.3 is 0 Å². The molecule has 96 valence electrons. The molecule has 0 aliphatic carbocycles. The van der Waals surface area contributed by atoms with Crippen LogP contribution in [-0.4, -0.2) is 31.1 Å². The number of hydrogen-bond donors (Lipinski definition) is 1. The normalized spacial score (nSPS) is 10.9. The smallest absolute Gasteiger partial charge is 0.0514 e. The number of anilines is 1. The molecule has 0 fully saturated rings. The van der Waals surface area contributed by atoms with Gasteiger partial charge in [0.15, 0.2) is 0 Å². The van der Waals surface area contributed by atoms with Gasteiger partial charge in [-0.1, -0.05) is 19.9 Å². The molecule has 0 radical (unpaired) electrons. The predicted octanol–water partition coefficient (Wildman–Crippen LogP) is 3.82. The Morgan fingerprint density at radius 1 is 1.18 bits per heavy atom. The van der Waals surface area contributed by atoms with Crippen LogP contribution < -0.4 is 5.32 Å². The van der Waals surface area contributed by atoms with Gasteiger partial charge in [-0.2, -0.15) is 0 Å². The number of nitrogens with one attached hydrogen (secondary N) is 1. The van der Waals surface area contributed by atoms with Gasteiger partial charge in [-0.3, -0.25) is 0 Å². The molecule has 0 atom stereocenters. The quantitative estimate of drug-likeness (QED) is 0.859. The number of halogens is 1. The molecule has 0 aromatic heterocycles. The number of hydrogen-bond acceptors (Lipinski definition) is 2. The molecule has 1 rings (SSSR count). The first kappa shape index (κ1) is 14.5. The van der Waals surface area contributed by atoms with Crippen molar-refractivity contribution in [1.82, 2.24) is 4.90 Å². The molecule has 0 saturated carbocycles. The Hall–Kier alpha value is -0.540. The van der Waals surface area contributed by atoms with Gasteiger partial charge in [0.1, 0.15) is 0 Å². The average molecular weight is 299 g/mol. The van der Waals surface area contributed by atoms with Crippen molar-refractivity contribution in [2.75, 3.05) is 31.5 Å². The summed E-state index contributed by atoms with van der Waals surface area (Å²) in [7, 11) is 0. The van der Waals surface area contributed by atoms with Gasteiger partial charge < -0.3 is 10.2 Å². The molecule has 0 amide bonds. The third-order valence-electron chi connectivity index (χ3n) is 3.06. The first-order valence-corrected chi connectivity index (χ1v) is 7.10. The summed E-state index contributed by atoms with van der Waals surface area (Å²) in [6.07, 6.45) is 0. The Morgan fingerprint density at radius 2 is 1.82 bits per heavy atom. The van der Waals surface area contributed by atoms with E-state index in [0.717, 1.165) is 30.7 Å². The van der Waals surface area contributed by atoms with Crippen molar-refractivity contribution in [2.24, 2.45) is 0 Å². The second kappa shape index (κ2) is 7.02. The van der Waals surface area contributed by atoms with Crippen LogP contribution in [0.1, 0.15) is 25.0 Å². The molecular weight excluding hydrogens is 276 g/mol. The molecule has 0 saturated heterocycles. The van der Waals surface area contributed by atoms with Gasteiger partial charge in [0.25, 0.3) is 0 Å². The summed E-state index contributed by atoms with van der Waals surface area (Å²) in [5.41, 5.74) is 3.82. The Morgan fingerprint density at radius 3 is 2.35 bits per heavy atom. The van der Waals surface area contributed by atoms with Gasteiger partial charge in [0.05, 0.1) is 5.69 Å². The van der Waals surface area contributed by atoms with Gasteiger partial charge in [-0.25, -0.2) is 0 Å². The molecule has 2 nitrogen and oxygen atoms in total.